The van der Waals surface area contributed by atoms with Gasteiger partial charge in [-0.1, -0.05) is 43.5 Å². The molecule has 3 heteroatoms. The molecule has 0 amide bonds. The van der Waals surface area contributed by atoms with Gasteiger partial charge in [-0.05, 0) is 90.5 Å². The number of carboxylic acid groups (broad SMARTS) is 1. The van der Waals surface area contributed by atoms with Gasteiger partial charge in [0.05, 0.1) is 5.56 Å². The second kappa shape index (κ2) is 7.83. The predicted octanol–water partition coefficient (Wildman–Crippen LogP) is 6.05. The zero-order chi connectivity index (χ0) is 19.7. The number of fused-ring (bicyclic) bond motifs is 1. The molecule has 2 aromatic carbocycles. The van der Waals surface area contributed by atoms with Crippen LogP contribution in [0.4, 0.5) is 0 Å². The van der Waals surface area contributed by atoms with E-state index in [1.807, 2.05) is 24.3 Å². The first-order chi connectivity index (χ1) is 13.5. The van der Waals surface area contributed by atoms with E-state index in [0.717, 1.165) is 41.9 Å². The first-order valence-corrected chi connectivity index (χ1v) is 10.4. The molecule has 1 saturated carbocycles. The Morgan fingerprint density at radius 1 is 1.00 bits per heavy atom. The largest absolute Gasteiger partial charge is 0.508 e. The van der Waals surface area contributed by atoms with Crippen molar-refractivity contribution in [1.82, 2.24) is 0 Å². The highest BCUT2D eigenvalue weighted by atomic mass is 16.4. The summed E-state index contributed by atoms with van der Waals surface area (Å²) in [6.07, 6.45) is 7.97. The van der Waals surface area contributed by atoms with Gasteiger partial charge in [-0.25, -0.2) is 4.79 Å². The number of aryl methyl sites for hydroxylation is 1. The van der Waals surface area contributed by atoms with Crippen molar-refractivity contribution >= 4 is 11.5 Å². The monoisotopic (exact) mass is 376 g/mol. The number of benzene rings is 2. The molecule has 1 fully saturated rings. The lowest BCUT2D eigenvalue weighted by molar-refractivity contribution is 0.0696. The maximum Gasteiger partial charge on any atom is 0.335 e. The number of phenols is 1. The van der Waals surface area contributed by atoms with E-state index in [4.69, 9.17) is 0 Å². The van der Waals surface area contributed by atoms with Gasteiger partial charge in [0, 0.05) is 0 Å². The number of phenolic OH excluding ortho intramolecular Hbond substituents is 1. The van der Waals surface area contributed by atoms with Crippen molar-refractivity contribution in [3.05, 3.63) is 70.3 Å². The Bertz CT molecular complexity index is 917. The second-order valence-corrected chi connectivity index (χ2v) is 8.44. The average molecular weight is 376 g/mol. The Hall–Kier alpha value is -2.55. The van der Waals surface area contributed by atoms with Crippen molar-refractivity contribution in [3.8, 4) is 5.75 Å². The van der Waals surface area contributed by atoms with Gasteiger partial charge in [0.25, 0.3) is 0 Å². The van der Waals surface area contributed by atoms with Crippen LogP contribution in [-0.4, -0.2) is 16.2 Å². The minimum Gasteiger partial charge on any atom is -0.508 e. The van der Waals surface area contributed by atoms with Crippen molar-refractivity contribution in [3.63, 3.8) is 0 Å². The van der Waals surface area contributed by atoms with Crippen molar-refractivity contribution in [1.29, 1.82) is 0 Å². The Balaban J connectivity index is 1.89. The van der Waals surface area contributed by atoms with E-state index in [1.165, 1.54) is 36.8 Å². The highest BCUT2D eigenvalue weighted by Crippen LogP contribution is 2.44. The van der Waals surface area contributed by atoms with E-state index in [-0.39, 0.29) is 5.75 Å². The lowest BCUT2D eigenvalue weighted by Gasteiger charge is -2.30. The Kier molecular flexibility index (Phi) is 5.25. The molecule has 0 aromatic heterocycles. The van der Waals surface area contributed by atoms with Gasteiger partial charge in [-0.15, -0.1) is 0 Å². The van der Waals surface area contributed by atoms with E-state index in [0.29, 0.717) is 11.5 Å². The number of hydrogen-bond acceptors (Lipinski definition) is 2. The van der Waals surface area contributed by atoms with Crippen molar-refractivity contribution in [2.75, 3.05) is 0 Å². The molecule has 0 aliphatic heterocycles. The van der Waals surface area contributed by atoms with E-state index in [2.05, 4.69) is 13.0 Å². The highest BCUT2D eigenvalue weighted by Gasteiger charge is 2.27. The zero-order valence-electron chi connectivity index (χ0n) is 16.4. The number of carboxylic acids is 1. The third-order valence-electron chi connectivity index (χ3n) is 6.48. The molecule has 2 aromatic rings. The third kappa shape index (κ3) is 3.71. The van der Waals surface area contributed by atoms with Crippen LogP contribution in [0.15, 0.2) is 48.0 Å². The fourth-order valence-electron chi connectivity index (χ4n) is 4.96. The van der Waals surface area contributed by atoms with Gasteiger partial charge in [-0.2, -0.15) is 0 Å². The highest BCUT2D eigenvalue weighted by molar-refractivity contribution is 5.90. The molecule has 0 atom stereocenters. The summed E-state index contributed by atoms with van der Waals surface area (Å²) in [4.78, 5) is 11.5. The lowest BCUT2D eigenvalue weighted by atomic mass is 9.75. The first kappa shape index (κ1) is 18.8. The molecule has 3 nitrogen and oxygen atoms in total. The Morgan fingerprint density at radius 3 is 2.50 bits per heavy atom. The normalized spacial score (nSPS) is 22.5. The van der Waals surface area contributed by atoms with Crippen LogP contribution in [0.5, 0.6) is 5.75 Å². The summed E-state index contributed by atoms with van der Waals surface area (Å²) in [5.41, 5.74) is 6.36. The summed E-state index contributed by atoms with van der Waals surface area (Å²) >= 11 is 0. The standard InChI is InChI=1S/C25H28O3/c1-16-8-10-17(11-9-16)22-7-3-4-18-14-20(25(27)28)12-13-23(18)24(22)19-5-2-6-21(26)15-19/h2,5-6,12-17,26H,3-4,7-11H2,1H3,(H,27,28). The van der Waals surface area contributed by atoms with E-state index < -0.39 is 5.97 Å². The lowest BCUT2D eigenvalue weighted by Crippen LogP contribution is -2.15. The predicted molar refractivity (Wildman–Crippen MR) is 112 cm³/mol. The number of hydrogen-bond donors (Lipinski definition) is 2. The molecule has 0 saturated heterocycles. The summed E-state index contributed by atoms with van der Waals surface area (Å²) in [7, 11) is 0. The van der Waals surface area contributed by atoms with Crippen molar-refractivity contribution < 1.29 is 15.0 Å². The van der Waals surface area contributed by atoms with Gasteiger partial charge in [0.15, 0.2) is 0 Å². The topological polar surface area (TPSA) is 57.5 Å². The number of aromatic carboxylic acids is 1. The number of carbonyl (C=O) groups is 1. The number of aromatic hydroxyl groups is 1. The van der Waals surface area contributed by atoms with E-state index in [9.17, 15) is 15.0 Å². The molecule has 2 N–H and O–H groups in total. The third-order valence-corrected chi connectivity index (χ3v) is 6.48. The summed E-state index contributed by atoms with van der Waals surface area (Å²) in [6, 6.07) is 13.1. The fraction of sp³-hybridized carbons (Fsp3) is 0.400. The summed E-state index contributed by atoms with van der Waals surface area (Å²) in [6.45, 7) is 2.34. The molecule has 0 bridgehead atoms. The van der Waals surface area contributed by atoms with Gasteiger partial charge >= 0.3 is 5.97 Å². The van der Waals surface area contributed by atoms with Crippen LogP contribution in [0, 0.1) is 11.8 Å². The smallest absolute Gasteiger partial charge is 0.335 e. The fourth-order valence-corrected chi connectivity index (χ4v) is 4.96. The van der Waals surface area contributed by atoms with Crippen LogP contribution in [0.2, 0.25) is 0 Å². The first-order valence-electron chi connectivity index (χ1n) is 10.4. The molecule has 2 aliphatic carbocycles. The minimum absolute atomic E-state index is 0.273. The molecule has 4 rings (SSSR count). The van der Waals surface area contributed by atoms with E-state index in [1.54, 1.807) is 12.1 Å². The Morgan fingerprint density at radius 2 is 1.79 bits per heavy atom. The molecule has 28 heavy (non-hydrogen) atoms. The maximum absolute atomic E-state index is 11.5. The van der Waals surface area contributed by atoms with Crippen LogP contribution in [-0.2, 0) is 6.42 Å². The summed E-state index contributed by atoms with van der Waals surface area (Å²) in [5, 5.41) is 19.5. The quantitative estimate of drug-likeness (QED) is 0.685. The van der Waals surface area contributed by atoms with Gasteiger partial charge in [-0.3, -0.25) is 0 Å². The average Bonchev–Trinajstić information content (AvgIpc) is 2.87. The molecular formula is C25H28O3. The van der Waals surface area contributed by atoms with Crippen LogP contribution in [0.3, 0.4) is 0 Å². The molecule has 146 valence electrons. The van der Waals surface area contributed by atoms with Crippen LogP contribution < -0.4 is 0 Å². The number of rotatable bonds is 3. The van der Waals surface area contributed by atoms with Crippen LogP contribution in [0.1, 0.15) is 72.5 Å². The number of allylic oxidation sites excluding steroid dienone is 1. The molecule has 0 radical (unpaired) electrons. The minimum atomic E-state index is -0.878. The summed E-state index contributed by atoms with van der Waals surface area (Å²) in [5.74, 6) is 0.780. The molecule has 0 spiro atoms. The maximum atomic E-state index is 11.5. The van der Waals surface area contributed by atoms with Gasteiger partial charge in [0.2, 0.25) is 0 Å². The molecule has 2 aliphatic rings. The zero-order valence-corrected chi connectivity index (χ0v) is 16.4. The Labute approximate surface area is 166 Å². The molecular weight excluding hydrogens is 348 g/mol. The molecule has 0 heterocycles. The van der Waals surface area contributed by atoms with Crippen LogP contribution >= 0.6 is 0 Å². The van der Waals surface area contributed by atoms with Crippen molar-refractivity contribution in [2.24, 2.45) is 11.8 Å². The van der Waals surface area contributed by atoms with Crippen LogP contribution in [0.25, 0.3) is 5.57 Å². The van der Waals surface area contributed by atoms with Gasteiger partial charge < -0.3 is 10.2 Å². The van der Waals surface area contributed by atoms with Gasteiger partial charge in [0.1, 0.15) is 5.75 Å². The van der Waals surface area contributed by atoms with Crippen molar-refractivity contribution in [2.45, 2.75) is 51.9 Å². The second-order valence-electron chi connectivity index (χ2n) is 8.44. The molecule has 0 unspecified atom stereocenters. The SMILES string of the molecule is CC1CCC(C2=C(c3cccc(O)c3)c3ccc(C(=O)O)cc3CCC2)CC1. The van der Waals surface area contributed by atoms with E-state index >= 15 is 0 Å². The summed E-state index contributed by atoms with van der Waals surface area (Å²) < 4.78 is 0.